The molecular weight excluding hydrogens is 225 g/mol. The highest BCUT2D eigenvalue weighted by Gasteiger charge is 2.54. The van der Waals surface area contributed by atoms with Crippen molar-refractivity contribution in [3.63, 3.8) is 0 Å². The molecule has 2 saturated carbocycles. The highest BCUT2D eigenvalue weighted by atomic mass is 19.1. The molecule has 0 spiro atoms. The lowest BCUT2D eigenvalue weighted by atomic mass is 9.99. The van der Waals surface area contributed by atoms with Gasteiger partial charge in [-0.1, -0.05) is 31.9 Å². The number of hydrogen-bond acceptors (Lipinski definition) is 1. The minimum absolute atomic E-state index is 0.112. The Morgan fingerprint density at radius 3 is 2.61 bits per heavy atom. The molecule has 18 heavy (non-hydrogen) atoms. The van der Waals surface area contributed by atoms with Crippen molar-refractivity contribution in [2.45, 2.75) is 38.6 Å². The van der Waals surface area contributed by atoms with Crippen LogP contribution < -0.4 is 5.32 Å². The molecular formula is C16H22FN. The van der Waals surface area contributed by atoms with Crippen molar-refractivity contribution in [2.75, 3.05) is 6.54 Å². The van der Waals surface area contributed by atoms with E-state index in [0.717, 1.165) is 29.9 Å². The summed E-state index contributed by atoms with van der Waals surface area (Å²) < 4.78 is 13.4. The minimum atomic E-state index is -0.112. The molecule has 0 aliphatic heterocycles. The molecule has 1 aromatic carbocycles. The van der Waals surface area contributed by atoms with Crippen LogP contribution in [0.4, 0.5) is 4.39 Å². The predicted molar refractivity (Wildman–Crippen MR) is 71.8 cm³/mol. The maximum absolute atomic E-state index is 13.4. The van der Waals surface area contributed by atoms with E-state index in [9.17, 15) is 4.39 Å². The molecule has 1 N–H and O–H groups in total. The molecule has 2 heteroatoms. The van der Waals surface area contributed by atoms with Crippen LogP contribution in [0.5, 0.6) is 0 Å². The largest absolute Gasteiger partial charge is 0.310 e. The van der Waals surface area contributed by atoms with Crippen LogP contribution in [0.1, 0.15) is 44.2 Å². The van der Waals surface area contributed by atoms with Gasteiger partial charge in [-0.2, -0.15) is 0 Å². The van der Waals surface area contributed by atoms with E-state index < -0.39 is 0 Å². The van der Waals surface area contributed by atoms with Crippen molar-refractivity contribution in [3.05, 3.63) is 35.6 Å². The Labute approximate surface area is 109 Å². The van der Waals surface area contributed by atoms with Gasteiger partial charge in [-0.3, -0.25) is 0 Å². The molecule has 2 fully saturated rings. The molecule has 3 atom stereocenters. The van der Waals surface area contributed by atoms with Crippen LogP contribution >= 0.6 is 0 Å². The third-order valence-electron chi connectivity index (χ3n) is 4.74. The van der Waals surface area contributed by atoms with Gasteiger partial charge in [0.2, 0.25) is 0 Å². The number of halogens is 1. The molecule has 3 rings (SSSR count). The van der Waals surface area contributed by atoms with Crippen LogP contribution in [0.15, 0.2) is 24.3 Å². The van der Waals surface area contributed by atoms with Gasteiger partial charge in [0, 0.05) is 6.04 Å². The first-order valence-electron chi connectivity index (χ1n) is 7.30. The number of rotatable bonds is 4. The second-order valence-corrected chi connectivity index (χ2v) is 5.78. The van der Waals surface area contributed by atoms with Gasteiger partial charge in [-0.25, -0.2) is 4.39 Å². The summed E-state index contributed by atoms with van der Waals surface area (Å²) in [6.45, 7) is 3.09. The van der Waals surface area contributed by atoms with Crippen LogP contribution in [-0.4, -0.2) is 6.54 Å². The average Bonchev–Trinajstić information content (AvgIpc) is 3.10. The third kappa shape index (κ3) is 2.18. The van der Waals surface area contributed by atoms with Gasteiger partial charge in [-0.15, -0.1) is 0 Å². The summed E-state index contributed by atoms with van der Waals surface area (Å²) in [6, 6.07) is 7.50. The zero-order chi connectivity index (χ0) is 12.5. The summed E-state index contributed by atoms with van der Waals surface area (Å²) in [6.07, 6.45) is 5.54. The number of hydrogen-bond donors (Lipinski definition) is 1. The van der Waals surface area contributed by atoms with Gasteiger partial charge in [0.15, 0.2) is 0 Å². The molecule has 0 heterocycles. The van der Waals surface area contributed by atoms with Gasteiger partial charge in [0.25, 0.3) is 0 Å². The number of fused-ring (bicyclic) bond motifs is 1. The Bertz CT molecular complexity index is 405. The Balaban J connectivity index is 1.80. The summed E-state index contributed by atoms with van der Waals surface area (Å²) in [5.41, 5.74) is 1.14. The predicted octanol–water partition coefficient (Wildman–Crippen LogP) is 3.91. The molecule has 0 aromatic heterocycles. The van der Waals surface area contributed by atoms with Crippen LogP contribution in [-0.2, 0) is 0 Å². The van der Waals surface area contributed by atoms with Crippen LogP contribution in [0, 0.1) is 23.6 Å². The van der Waals surface area contributed by atoms with Crippen molar-refractivity contribution < 1.29 is 4.39 Å². The van der Waals surface area contributed by atoms with Crippen LogP contribution in [0.25, 0.3) is 0 Å². The van der Waals surface area contributed by atoms with Crippen LogP contribution in [0.2, 0.25) is 0 Å². The van der Waals surface area contributed by atoms with Gasteiger partial charge in [0.05, 0.1) is 0 Å². The Morgan fingerprint density at radius 1 is 1.28 bits per heavy atom. The smallest absolute Gasteiger partial charge is 0.123 e. The fraction of sp³-hybridized carbons (Fsp3) is 0.625. The summed E-state index contributed by atoms with van der Waals surface area (Å²) in [7, 11) is 0. The molecule has 2 aliphatic rings. The quantitative estimate of drug-likeness (QED) is 0.850. The summed E-state index contributed by atoms with van der Waals surface area (Å²) in [5, 5.41) is 3.58. The highest BCUT2D eigenvalue weighted by molar-refractivity contribution is 5.24. The summed E-state index contributed by atoms with van der Waals surface area (Å²) >= 11 is 0. The zero-order valence-corrected chi connectivity index (χ0v) is 11.0. The zero-order valence-electron chi connectivity index (χ0n) is 11.0. The van der Waals surface area contributed by atoms with Crippen molar-refractivity contribution in [1.29, 1.82) is 0 Å². The van der Waals surface area contributed by atoms with E-state index in [1.807, 2.05) is 6.07 Å². The molecule has 3 unspecified atom stereocenters. The lowest BCUT2D eigenvalue weighted by Crippen LogP contribution is -2.24. The van der Waals surface area contributed by atoms with E-state index in [-0.39, 0.29) is 5.82 Å². The molecule has 1 nitrogen and oxygen atoms in total. The molecule has 1 aromatic rings. The standard InChI is InChI=1S/C16H22FN/c1-2-18-16(11-6-5-7-12(17)10-11)15-13-8-3-4-9-14(13)15/h5-7,10,13-16,18H,2-4,8-9H2,1H3. The first kappa shape index (κ1) is 12.2. The first-order chi connectivity index (χ1) is 8.81. The van der Waals surface area contributed by atoms with Crippen molar-refractivity contribution in [1.82, 2.24) is 5.32 Å². The normalized spacial score (nSPS) is 31.8. The van der Waals surface area contributed by atoms with E-state index in [4.69, 9.17) is 0 Å². The van der Waals surface area contributed by atoms with Gasteiger partial charge in [0.1, 0.15) is 5.82 Å². The molecule has 2 aliphatic carbocycles. The third-order valence-corrected chi connectivity index (χ3v) is 4.74. The minimum Gasteiger partial charge on any atom is -0.310 e. The highest BCUT2D eigenvalue weighted by Crippen LogP contribution is 2.60. The maximum Gasteiger partial charge on any atom is 0.123 e. The van der Waals surface area contributed by atoms with E-state index in [1.165, 1.54) is 31.7 Å². The summed E-state index contributed by atoms with van der Waals surface area (Å²) in [5.74, 6) is 2.42. The van der Waals surface area contributed by atoms with Crippen molar-refractivity contribution >= 4 is 0 Å². The fourth-order valence-corrected chi connectivity index (χ4v) is 3.94. The lowest BCUT2D eigenvalue weighted by Gasteiger charge is -2.19. The Hall–Kier alpha value is -0.890. The maximum atomic E-state index is 13.4. The average molecular weight is 247 g/mol. The first-order valence-corrected chi connectivity index (χ1v) is 7.30. The van der Waals surface area contributed by atoms with E-state index in [2.05, 4.69) is 18.3 Å². The van der Waals surface area contributed by atoms with Gasteiger partial charge < -0.3 is 5.32 Å². The topological polar surface area (TPSA) is 12.0 Å². The molecule has 0 radical (unpaired) electrons. The molecule has 0 saturated heterocycles. The monoisotopic (exact) mass is 247 g/mol. The van der Waals surface area contributed by atoms with Crippen molar-refractivity contribution in [3.8, 4) is 0 Å². The van der Waals surface area contributed by atoms with E-state index in [0.29, 0.717) is 6.04 Å². The van der Waals surface area contributed by atoms with E-state index in [1.54, 1.807) is 6.07 Å². The second-order valence-electron chi connectivity index (χ2n) is 5.78. The SMILES string of the molecule is CCNC(c1cccc(F)c1)C1C2CCCCC21. The molecule has 0 bridgehead atoms. The Morgan fingerprint density at radius 2 is 2.00 bits per heavy atom. The van der Waals surface area contributed by atoms with Gasteiger partial charge >= 0.3 is 0 Å². The molecule has 0 amide bonds. The molecule has 98 valence electrons. The summed E-state index contributed by atoms with van der Waals surface area (Å²) in [4.78, 5) is 0. The van der Waals surface area contributed by atoms with Crippen molar-refractivity contribution in [2.24, 2.45) is 17.8 Å². The lowest BCUT2D eigenvalue weighted by molar-refractivity contribution is 0.454. The Kier molecular flexibility index (Phi) is 3.38. The number of benzene rings is 1. The fourth-order valence-electron chi connectivity index (χ4n) is 3.94. The van der Waals surface area contributed by atoms with Crippen LogP contribution in [0.3, 0.4) is 0 Å². The number of nitrogens with one attached hydrogen (secondary N) is 1. The van der Waals surface area contributed by atoms with Gasteiger partial charge in [-0.05, 0) is 54.8 Å². The second kappa shape index (κ2) is 5.00. The van der Waals surface area contributed by atoms with E-state index >= 15 is 0 Å².